The molecule has 10 heteroatoms. The first-order valence-corrected chi connectivity index (χ1v) is 17.5. The van der Waals surface area contributed by atoms with Crippen molar-refractivity contribution in [2.45, 2.75) is 26.7 Å². The second-order valence-electron chi connectivity index (χ2n) is 11.8. The Labute approximate surface area is 293 Å². The molecule has 2 aliphatic heterocycles. The number of carbonyl (C=O) groups is 1. The van der Waals surface area contributed by atoms with E-state index in [4.69, 9.17) is 10.1 Å². The molecule has 49 heavy (non-hydrogen) atoms. The van der Waals surface area contributed by atoms with Gasteiger partial charge in [-0.2, -0.15) is 15.4 Å². The molecule has 1 N–H and O–H groups in total. The number of nitrogens with zero attached hydrogens (tertiary/aromatic N) is 4. The van der Waals surface area contributed by atoms with E-state index in [0.717, 1.165) is 38.9 Å². The Bertz CT molecular complexity index is 2150. The number of fused-ring (bicyclic) bond motifs is 1. The van der Waals surface area contributed by atoms with Gasteiger partial charge in [0.1, 0.15) is 17.5 Å². The highest BCUT2D eigenvalue weighted by Gasteiger charge is 2.33. The second kappa shape index (κ2) is 14.0. The number of benzene rings is 3. The lowest BCUT2D eigenvalue weighted by atomic mass is 9.97. The molecule has 2 aliphatic rings. The van der Waals surface area contributed by atoms with Crippen LogP contribution in [-0.2, 0) is 21.1 Å². The van der Waals surface area contributed by atoms with Crippen LogP contribution in [0.3, 0.4) is 0 Å². The predicted octanol–water partition coefficient (Wildman–Crippen LogP) is 8.96. The minimum Gasteiger partial charge on any atom is -0.341 e. The predicted molar refractivity (Wildman–Crippen MR) is 199 cm³/mol. The maximum Gasteiger partial charge on any atom is 0.281 e. The molecule has 4 heterocycles. The monoisotopic (exact) mass is 683 g/mol. The molecule has 0 fully saturated rings. The van der Waals surface area contributed by atoms with Crippen molar-refractivity contribution in [1.29, 1.82) is 5.26 Å². The van der Waals surface area contributed by atoms with Crippen LogP contribution in [0.25, 0.3) is 22.6 Å². The van der Waals surface area contributed by atoms with Gasteiger partial charge in [0.25, 0.3) is 5.91 Å². The summed E-state index contributed by atoms with van der Waals surface area (Å²) in [6, 6.07) is 32.9. The summed E-state index contributed by atoms with van der Waals surface area (Å²) in [4.78, 5) is 29.3. The van der Waals surface area contributed by atoms with Crippen molar-refractivity contribution >= 4 is 63.5 Å². The molecule has 0 spiro atoms. The Morgan fingerprint density at radius 1 is 0.918 bits per heavy atom. The van der Waals surface area contributed by atoms with Gasteiger partial charge in [-0.3, -0.25) is 4.79 Å². The molecule has 0 saturated heterocycles. The third-order valence-electron chi connectivity index (χ3n) is 8.29. The zero-order valence-electron chi connectivity index (χ0n) is 27.3. The third-order valence-corrected chi connectivity index (χ3v) is 10.4. The van der Waals surface area contributed by atoms with E-state index in [1.807, 2.05) is 54.6 Å². The minimum absolute atomic E-state index is 0.174. The van der Waals surface area contributed by atoms with Gasteiger partial charge in [-0.1, -0.05) is 30.3 Å². The van der Waals surface area contributed by atoms with Gasteiger partial charge in [0.15, 0.2) is 0 Å². The summed E-state index contributed by atoms with van der Waals surface area (Å²) >= 11 is 3.07. The van der Waals surface area contributed by atoms with E-state index in [1.165, 1.54) is 57.1 Å². The van der Waals surface area contributed by atoms with E-state index in [0.29, 0.717) is 17.0 Å². The van der Waals surface area contributed by atoms with E-state index < -0.39 is 0 Å². The number of hydroxylamine groups is 1. The molecule has 1 amide bonds. The van der Waals surface area contributed by atoms with Gasteiger partial charge in [0.2, 0.25) is 0 Å². The Kier molecular flexibility index (Phi) is 9.24. The molecule has 3 aromatic carbocycles. The number of hydrogen-bond donors (Lipinski definition) is 1. The number of carbonyl (C=O) groups excluding carboxylic acids is 1. The van der Waals surface area contributed by atoms with Gasteiger partial charge < -0.3 is 4.90 Å². The molecule has 7 rings (SSSR count). The largest absolute Gasteiger partial charge is 0.341 e. The fourth-order valence-electron chi connectivity index (χ4n) is 6.19. The number of rotatable bonds is 9. The Morgan fingerprint density at radius 2 is 1.67 bits per heavy atom. The first kappa shape index (κ1) is 32.2. The van der Waals surface area contributed by atoms with Crippen LogP contribution in [-0.4, -0.2) is 25.3 Å². The number of hydrogen-bond acceptors (Lipinski definition) is 9. The van der Waals surface area contributed by atoms with Gasteiger partial charge in [0.05, 0.1) is 23.2 Å². The van der Waals surface area contributed by atoms with Crippen molar-refractivity contribution in [2.24, 2.45) is 5.10 Å². The number of allylic oxidation sites excluding steroid dienone is 1. The summed E-state index contributed by atoms with van der Waals surface area (Å²) < 4.78 is 0. The van der Waals surface area contributed by atoms with Crippen LogP contribution in [0.5, 0.6) is 0 Å². The van der Waals surface area contributed by atoms with Crippen LogP contribution in [0.4, 0.5) is 17.1 Å². The number of nitriles is 1. The molecule has 0 unspecified atom stereocenters. The molecule has 0 atom stereocenters. The molecule has 0 aliphatic carbocycles. The second-order valence-corrected chi connectivity index (χ2v) is 14.1. The zero-order chi connectivity index (χ0) is 33.9. The maximum atomic E-state index is 13.9. The molecule has 0 radical (unpaired) electrons. The Morgan fingerprint density at radius 3 is 2.45 bits per heavy atom. The number of aryl methyl sites for hydroxylation is 3. The normalized spacial score (nSPS) is 15.4. The van der Waals surface area contributed by atoms with Crippen LogP contribution in [0.2, 0.25) is 0 Å². The maximum absolute atomic E-state index is 13.9. The van der Waals surface area contributed by atoms with Crippen molar-refractivity contribution in [3.05, 3.63) is 134 Å². The molecule has 5 aromatic rings. The lowest BCUT2D eigenvalue weighted by Crippen LogP contribution is -2.24. The fourth-order valence-corrected chi connectivity index (χ4v) is 8.09. The van der Waals surface area contributed by atoms with Crippen LogP contribution in [0.1, 0.15) is 37.7 Å². The number of nitrogens with one attached hydrogen (secondary N) is 1. The van der Waals surface area contributed by atoms with Crippen molar-refractivity contribution < 1.29 is 14.7 Å². The molecule has 0 bridgehead atoms. The first-order chi connectivity index (χ1) is 23.9. The average molecular weight is 684 g/mol. The molecular formula is C39H33N5O3S2. The third kappa shape index (κ3) is 6.84. The van der Waals surface area contributed by atoms with Gasteiger partial charge in [0, 0.05) is 32.6 Å². The topological polar surface area (TPSA) is 90.2 Å². The molecule has 244 valence electrons. The summed E-state index contributed by atoms with van der Waals surface area (Å²) in [5, 5.41) is 15.7. The number of hydrazone groups is 1. The summed E-state index contributed by atoms with van der Waals surface area (Å²) in [6.07, 6.45) is 5.72. The average Bonchev–Trinajstić information content (AvgIpc) is 3.86. The van der Waals surface area contributed by atoms with Gasteiger partial charge >= 0.3 is 0 Å². The Balaban J connectivity index is 1.20. The summed E-state index contributed by atoms with van der Waals surface area (Å²) in [7, 11) is 1.34. The highest BCUT2D eigenvalue weighted by atomic mass is 32.1. The highest BCUT2D eigenvalue weighted by Crippen LogP contribution is 2.39. The minimum atomic E-state index is -0.199. The summed E-state index contributed by atoms with van der Waals surface area (Å²) in [5.74, 6) is -0.199. The summed E-state index contributed by atoms with van der Waals surface area (Å²) in [6.45, 7) is 5.31. The lowest BCUT2D eigenvalue weighted by Gasteiger charge is -2.32. The fraction of sp³-hybridized carbons (Fsp3) is 0.154. The Hall–Kier alpha value is -5.31. The molecule has 8 nitrogen and oxygen atoms in total. The van der Waals surface area contributed by atoms with E-state index in [1.54, 1.807) is 17.4 Å². The van der Waals surface area contributed by atoms with E-state index in [2.05, 4.69) is 77.6 Å². The van der Waals surface area contributed by atoms with Gasteiger partial charge in [-0.05, 0) is 122 Å². The standard InChI is InChI=1S/C39H33N5O3S2/c1-25-18-26(2)20-31(19-25)43-17-7-8-27-21-28(11-14-35(27)43)36-15-12-33(48-36)23-34-38(41-44(39(34)45)30-9-5-4-6-10-30)37-16-13-32(49-37)22-29(24-40)42-47-46-3/h4-6,9-16,18-23,42H,7-8,17H2,1-3H3/b29-22+,34-23-. The zero-order valence-corrected chi connectivity index (χ0v) is 28.9. The van der Waals surface area contributed by atoms with Crippen LogP contribution in [0, 0.1) is 25.2 Å². The van der Waals surface area contributed by atoms with Crippen LogP contribution in [0.15, 0.2) is 107 Å². The quantitative estimate of drug-likeness (QED) is 0.0722. The SMILES string of the molecule is COON/C(C#N)=C/c1ccc(C2=NN(c3ccccc3)C(=O)/C2=C\c2ccc(-c3ccc4c(c3)CCCN4c3cc(C)cc(C)c3)s2)s1. The molecule has 2 aromatic heterocycles. The van der Waals surface area contributed by atoms with Gasteiger partial charge in [-0.15, -0.1) is 27.7 Å². The first-order valence-electron chi connectivity index (χ1n) is 15.9. The van der Waals surface area contributed by atoms with Crippen molar-refractivity contribution in [3.8, 4) is 16.5 Å². The van der Waals surface area contributed by atoms with Crippen LogP contribution < -0.4 is 15.4 Å². The van der Waals surface area contributed by atoms with Crippen LogP contribution >= 0.6 is 22.7 Å². The molecular weight excluding hydrogens is 651 g/mol. The van der Waals surface area contributed by atoms with Gasteiger partial charge in [-0.25, -0.2) is 10.4 Å². The van der Waals surface area contributed by atoms with Crippen molar-refractivity contribution in [1.82, 2.24) is 5.48 Å². The highest BCUT2D eigenvalue weighted by molar-refractivity contribution is 7.16. The van der Waals surface area contributed by atoms with Crippen molar-refractivity contribution in [2.75, 3.05) is 23.6 Å². The lowest BCUT2D eigenvalue weighted by molar-refractivity contribution is -0.308. The van der Waals surface area contributed by atoms with E-state index in [-0.39, 0.29) is 11.6 Å². The van der Waals surface area contributed by atoms with E-state index >= 15 is 0 Å². The number of thiophene rings is 2. The smallest absolute Gasteiger partial charge is 0.281 e. The van der Waals surface area contributed by atoms with Crippen molar-refractivity contribution in [3.63, 3.8) is 0 Å². The number of anilines is 3. The van der Waals surface area contributed by atoms with E-state index in [9.17, 15) is 10.1 Å². The number of amides is 1. The summed E-state index contributed by atoms with van der Waals surface area (Å²) in [5.41, 5.74) is 12.0. The molecule has 0 saturated carbocycles. The number of para-hydroxylation sites is 1.